The van der Waals surface area contributed by atoms with Gasteiger partial charge in [-0.05, 0) is 28.1 Å². The number of aromatic hydroxyl groups is 1. The van der Waals surface area contributed by atoms with Crippen molar-refractivity contribution in [3.8, 4) is 5.75 Å². The van der Waals surface area contributed by atoms with Gasteiger partial charge in [-0.1, -0.05) is 23.2 Å². The molecule has 0 radical (unpaired) electrons. The number of halogens is 3. The molecule has 0 spiro atoms. The topological polar surface area (TPSA) is 20.2 Å². The van der Waals surface area contributed by atoms with Crippen LogP contribution in [0.2, 0.25) is 10.0 Å². The quantitative estimate of drug-likeness (QED) is 0.690. The number of benzene rings is 1. The molecule has 10 heavy (non-hydrogen) atoms. The average Bonchev–Trinajstić information content (AvgIpc) is 1.93. The van der Waals surface area contributed by atoms with Crippen molar-refractivity contribution in [2.24, 2.45) is 0 Å². The molecule has 0 aliphatic heterocycles. The van der Waals surface area contributed by atoms with Crippen molar-refractivity contribution in [1.82, 2.24) is 0 Å². The van der Waals surface area contributed by atoms with Gasteiger partial charge < -0.3 is 5.11 Å². The number of hydrogen-bond acceptors (Lipinski definition) is 1. The highest BCUT2D eigenvalue weighted by Crippen LogP contribution is 2.36. The predicted octanol–water partition coefficient (Wildman–Crippen LogP) is 3.46. The SMILES string of the molecule is Oc1ccc(Cl)c(Cl)c1Br. The largest absolute Gasteiger partial charge is 0.507 e. The molecule has 1 aromatic carbocycles. The Balaban J connectivity index is 3.34. The van der Waals surface area contributed by atoms with Gasteiger partial charge in [-0.15, -0.1) is 0 Å². The summed E-state index contributed by atoms with van der Waals surface area (Å²) in [5, 5.41) is 9.79. The van der Waals surface area contributed by atoms with Crippen molar-refractivity contribution in [3.63, 3.8) is 0 Å². The molecule has 1 nitrogen and oxygen atoms in total. The Kier molecular flexibility index (Phi) is 2.45. The third-order valence-corrected chi connectivity index (χ3v) is 2.85. The van der Waals surface area contributed by atoms with Crippen LogP contribution in [0.5, 0.6) is 5.75 Å². The summed E-state index contributed by atoms with van der Waals surface area (Å²) < 4.78 is 0.432. The minimum absolute atomic E-state index is 0.0920. The molecule has 0 bridgehead atoms. The smallest absolute Gasteiger partial charge is 0.131 e. The van der Waals surface area contributed by atoms with Crippen LogP contribution >= 0.6 is 39.1 Å². The summed E-state index contributed by atoms with van der Waals surface area (Å²) in [6, 6.07) is 3.00. The first kappa shape index (κ1) is 8.18. The zero-order valence-electron chi connectivity index (χ0n) is 4.74. The van der Waals surface area contributed by atoms with Crippen LogP contribution in [0.25, 0.3) is 0 Å². The van der Waals surface area contributed by atoms with Gasteiger partial charge in [0.05, 0.1) is 14.5 Å². The molecule has 0 unspecified atom stereocenters. The average molecular weight is 242 g/mol. The molecule has 4 heteroatoms. The predicted molar refractivity (Wildman–Crippen MR) is 45.8 cm³/mol. The normalized spacial score (nSPS) is 9.90. The summed E-state index contributed by atoms with van der Waals surface area (Å²) in [5.41, 5.74) is 0. The van der Waals surface area contributed by atoms with Crippen molar-refractivity contribution < 1.29 is 5.11 Å². The van der Waals surface area contributed by atoms with Gasteiger partial charge in [-0.25, -0.2) is 0 Å². The van der Waals surface area contributed by atoms with Gasteiger partial charge in [-0.2, -0.15) is 0 Å². The maximum Gasteiger partial charge on any atom is 0.131 e. The molecular weight excluding hydrogens is 239 g/mol. The summed E-state index contributed by atoms with van der Waals surface area (Å²) >= 11 is 14.3. The zero-order valence-corrected chi connectivity index (χ0v) is 7.83. The van der Waals surface area contributed by atoms with Crippen molar-refractivity contribution >= 4 is 39.1 Å². The molecule has 0 aliphatic carbocycles. The molecule has 0 aromatic heterocycles. The second-order valence-electron chi connectivity index (χ2n) is 1.69. The van der Waals surface area contributed by atoms with Crippen LogP contribution < -0.4 is 0 Å². The van der Waals surface area contributed by atoms with E-state index in [-0.39, 0.29) is 5.75 Å². The molecule has 0 atom stereocenters. The van der Waals surface area contributed by atoms with Gasteiger partial charge in [0.2, 0.25) is 0 Å². The fourth-order valence-electron chi connectivity index (χ4n) is 0.516. The lowest BCUT2D eigenvalue weighted by Crippen LogP contribution is -1.72. The van der Waals surface area contributed by atoms with Crippen molar-refractivity contribution in [1.29, 1.82) is 0 Å². The van der Waals surface area contributed by atoms with Gasteiger partial charge in [0.1, 0.15) is 5.75 Å². The van der Waals surface area contributed by atoms with Crippen LogP contribution in [-0.4, -0.2) is 5.11 Å². The summed E-state index contributed by atoms with van der Waals surface area (Å²) in [4.78, 5) is 0. The molecule has 0 heterocycles. The van der Waals surface area contributed by atoms with Crippen LogP contribution in [0.4, 0.5) is 0 Å². The van der Waals surface area contributed by atoms with Gasteiger partial charge in [0.25, 0.3) is 0 Å². The van der Waals surface area contributed by atoms with E-state index in [1.54, 1.807) is 0 Å². The summed E-state index contributed by atoms with van der Waals surface area (Å²) in [7, 11) is 0. The zero-order chi connectivity index (χ0) is 7.72. The van der Waals surface area contributed by atoms with Crippen LogP contribution in [0.1, 0.15) is 0 Å². The summed E-state index contributed by atoms with van der Waals surface area (Å²) in [6.07, 6.45) is 0. The van der Waals surface area contributed by atoms with Crippen molar-refractivity contribution in [2.45, 2.75) is 0 Å². The Bertz CT molecular complexity index is 235. The minimum atomic E-state index is 0.0920. The Morgan fingerprint density at radius 2 is 1.90 bits per heavy atom. The number of phenols is 1. The van der Waals surface area contributed by atoms with Gasteiger partial charge in [-0.3, -0.25) is 0 Å². The van der Waals surface area contributed by atoms with Gasteiger partial charge >= 0.3 is 0 Å². The molecular formula is C6H3BrCl2O. The van der Waals surface area contributed by atoms with Crippen LogP contribution in [0.15, 0.2) is 16.6 Å². The molecule has 1 N–H and O–H groups in total. The standard InChI is InChI=1S/C6H3BrCl2O/c7-5-4(10)2-1-3(8)6(5)9/h1-2,10H. The second kappa shape index (κ2) is 2.99. The molecule has 1 aromatic rings. The summed E-state index contributed by atoms with van der Waals surface area (Å²) in [5.74, 6) is 0.0920. The van der Waals surface area contributed by atoms with Crippen LogP contribution in [0.3, 0.4) is 0 Å². The first-order chi connectivity index (χ1) is 4.63. The Morgan fingerprint density at radius 1 is 1.30 bits per heavy atom. The first-order valence-electron chi connectivity index (χ1n) is 2.45. The highest BCUT2D eigenvalue weighted by molar-refractivity contribution is 9.10. The third kappa shape index (κ3) is 1.39. The minimum Gasteiger partial charge on any atom is -0.507 e. The Hall–Kier alpha value is 0.0800. The second-order valence-corrected chi connectivity index (χ2v) is 3.27. The highest BCUT2D eigenvalue weighted by Gasteiger charge is 2.05. The molecule has 0 fully saturated rings. The fourth-order valence-corrected chi connectivity index (χ4v) is 1.29. The lowest BCUT2D eigenvalue weighted by atomic mass is 10.3. The van der Waals surface area contributed by atoms with Crippen molar-refractivity contribution in [2.75, 3.05) is 0 Å². The molecule has 0 saturated heterocycles. The lowest BCUT2D eigenvalue weighted by Gasteiger charge is -1.99. The molecule has 1 rings (SSSR count). The Morgan fingerprint density at radius 3 is 2.40 bits per heavy atom. The molecule has 0 amide bonds. The number of phenolic OH excluding ortho intramolecular Hbond substituents is 1. The number of rotatable bonds is 0. The molecule has 0 aliphatic rings. The van der Waals surface area contributed by atoms with E-state index >= 15 is 0 Å². The van der Waals surface area contributed by atoms with E-state index in [2.05, 4.69) is 15.9 Å². The molecule has 0 saturated carbocycles. The maximum absolute atomic E-state index is 9.03. The van der Waals surface area contributed by atoms with E-state index < -0.39 is 0 Å². The highest BCUT2D eigenvalue weighted by atomic mass is 79.9. The van der Waals surface area contributed by atoms with Crippen LogP contribution in [0, 0.1) is 0 Å². The van der Waals surface area contributed by atoms with E-state index in [0.29, 0.717) is 14.5 Å². The maximum atomic E-state index is 9.03. The van der Waals surface area contributed by atoms with Crippen LogP contribution in [-0.2, 0) is 0 Å². The first-order valence-corrected chi connectivity index (χ1v) is 4.00. The summed E-state index contributed by atoms with van der Waals surface area (Å²) in [6.45, 7) is 0. The van der Waals surface area contributed by atoms with E-state index in [4.69, 9.17) is 28.3 Å². The van der Waals surface area contributed by atoms with Gasteiger partial charge in [0.15, 0.2) is 0 Å². The van der Waals surface area contributed by atoms with Gasteiger partial charge in [0, 0.05) is 0 Å². The molecule has 54 valence electrons. The van der Waals surface area contributed by atoms with E-state index in [0.717, 1.165) is 0 Å². The fraction of sp³-hybridized carbons (Fsp3) is 0. The van der Waals surface area contributed by atoms with Crippen molar-refractivity contribution in [3.05, 3.63) is 26.7 Å². The van der Waals surface area contributed by atoms with E-state index in [1.807, 2.05) is 0 Å². The third-order valence-electron chi connectivity index (χ3n) is 1.01. The van der Waals surface area contributed by atoms with E-state index in [9.17, 15) is 0 Å². The number of hydrogen-bond donors (Lipinski definition) is 1. The lowest BCUT2D eigenvalue weighted by molar-refractivity contribution is 0.472. The Labute approximate surface area is 76.7 Å². The van der Waals surface area contributed by atoms with E-state index in [1.165, 1.54) is 12.1 Å². The monoisotopic (exact) mass is 240 g/mol.